The second-order valence-corrected chi connectivity index (χ2v) is 7.13. The number of fused-ring (bicyclic) bond motifs is 1. The van der Waals surface area contributed by atoms with Crippen molar-refractivity contribution in [3.05, 3.63) is 42.0 Å². The fraction of sp³-hybridized carbons (Fsp3) is 0.444. The predicted octanol–water partition coefficient (Wildman–Crippen LogP) is 4.36. The summed E-state index contributed by atoms with van der Waals surface area (Å²) in [6.45, 7) is 0.768. The third-order valence-corrected chi connectivity index (χ3v) is 5.20. The molecule has 2 aliphatic heterocycles. The quantitative estimate of drug-likeness (QED) is 0.763. The summed E-state index contributed by atoms with van der Waals surface area (Å²) in [6.07, 6.45) is 11.0. The van der Waals surface area contributed by atoms with Crippen LogP contribution in [0, 0.1) is 0 Å². The number of aromatic nitrogens is 1. The Morgan fingerprint density at radius 1 is 1.21 bits per heavy atom. The molecule has 4 nitrogen and oxygen atoms in total. The molecule has 3 aliphatic rings. The van der Waals surface area contributed by atoms with Crippen LogP contribution in [-0.4, -0.2) is 34.1 Å². The summed E-state index contributed by atoms with van der Waals surface area (Å²) in [5, 5.41) is 0. The summed E-state index contributed by atoms with van der Waals surface area (Å²) in [5.74, 6) is 2.07. The lowest BCUT2D eigenvalue weighted by molar-refractivity contribution is 0.148. The van der Waals surface area contributed by atoms with Crippen molar-refractivity contribution in [1.82, 2.24) is 9.88 Å². The number of hydrogen-bond acceptors (Lipinski definition) is 5. The topological polar surface area (TPSA) is 37.7 Å². The fourth-order valence-electron chi connectivity index (χ4n) is 3.30. The third-order valence-electron chi connectivity index (χ3n) is 4.54. The molecule has 4 rings (SSSR count). The molecule has 0 atom stereocenters. The fourth-order valence-corrected chi connectivity index (χ4v) is 3.99. The van der Waals surface area contributed by atoms with Gasteiger partial charge in [0.15, 0.2) is 0 Å². The van der Waals surface area contributed by atoms with E-state index >= 15 is 0 Å². The molecule has 0 spiro atoms. The van der Waals surface area contributed by atoms with Gasteiger partial charge in [0, 0.05) is 41.9 Å². The highest BCUT2D eigenvalue weighted by Crippen LogP contribution is 2.30. The molecule has 0 saturated heterocycles. The Morgan fingerprint density at radius 3 is 2.88 bits per heavy atom. The second-order valence-electron chi connectivity index (χ2n) is 6.28. The number of halogens is 1. The molecule has 0 N–H and O–H groups in total. The van der Waals surface area contributed by atoms with Gasteiger partial charge in [-0.15, -0.1) is 0 Å². The molecule has 0 radical (unpaired) electrons. The van der Waals surface area contributed by atoms with Crippen LogP contribution in [0.2, 0.25) is 0 Å². The van der Waals surface area contributed by atoms with Crippen molar-refractivity contribution in [3.8, 4) is 5.88 Å². The van der Waals surface area contributed by atoms with E-state index in [1.807, 2.05) is 17.0 Å². The minimum absolute atomic E-state index is 0.251. The number of amidine groups is 1. The average molecular weight is 345 g/mol. The van der Waals surface area contributed by atoms with Gasteiger partial charge in [-0.1, -0.05) is 6.42 Å². The van der Waals surface area contributed by atoms with E-state index < -0.39 is 0 Å². The molecule has 1 aliphatic carbocycles. The van der Waals surface area contributed by atoms with Crippen LogP contribution in [0.4, 0.5) is 4.39 Å². The first-order chi connectivity index (χ1) is 11.8. The lowest BCUT2D eigenvalue weighted by Crippen LogP contribution is -2.33. The second kappa shape index (κ2) is 6.97. The first kappa shape index (κ1) is 15.7. The molecule has 0 amide bonds. The van der Waals surface area contributed by atoms with Gasteiger partial charge >= 0.3 is 0 Å². The molecule has 1 saturated carbocycles. The van der Waals surface area contributed by atoms with Crippen LogP contribution in [0.3, 0.4) is 0 Å². The van der Waals surface area contributed by atoms with Gasteiger partial charge in [-0.3, -0.25) is 0 Å². The number of allylic oxidation sites excluding steroid dienone is 2. The number of ether oxygens (including phenoxy) is 1. The molecule has 6 heteroatoms. The van der Waals surface area contributed by atoms with E-state index in [4.69, 9.17) is 4.74 Å². The monoisotopic (exact) mass is 345 g/mol. The van der Waals surface area contributed by atoms with E-state index in [0.29, 0.717) is 5.88 Å². The first-order valence-corrected chi connectivity index (χ1v) is 9.43. The zero-order valence-electron chi connectivity index (χ0n) is 13.4. The Hall–Kier alpha value is -1.82. The van der Waals surface area contributed by atoms with Gasteiger partial charge in [0.25, 0.3) is 0 Å². The van der Waals surface area contributed by atoms with Crippen LogP contribution in [0.25, 0.3) is 5.57 Å². The number of nitrogens with zero attached hydrogens (tertiary/aromatic N) is 3. The van der Waals surface area contributed by atoms with Gasteiger partial charge in [0.2, 0.25) is 5.88 Å². The molecule has 0 unspecified atom stereocenters. The molecule has 1 aromatic heterocycles. The minimum Gasteiger partial charge on any atom is -0.474 e. The van der Waals surface area contributed by atoms with Crippen molar-refractivity contribution < 1.29 is 9.13 Å². The van der Waals surface area contributed by atoms with Crippen LogP contribution >= 0.6 is 11.9 Å². The van der Waals surface area contributed by atoms with Crippen molar-refractivity contribution in [2.45, 2.75) is 38.2 Å². The summed E-state index contributed by atoms with van der Waals surface area (Å²) in [5.41, 5.74) is 1.64. The predicted molar refractivity (Wildman–Crippen MR) is 95.5 cm³/mol. The molecule has 1 fully saturated rings. The summed E-state index contributed by atoms with van der Waals surface area (Å²) >= 11 is 1.52. The SMILES string of the molecule is FC1=CN2CCSN=C2C(c2ccc(OC3CCCCC3)nc2)=C1. The van der Waals surface area contributed by atoms with Crippen LogP contribution in [-0.2, 0) is 0 Å². The van der Waals surface area contributed by atoms with Crippen LogP contribution < -0.4 is 4.74 Å². The molecular weight excluding hydrogens is 325 g/mol. The average Bonchev–Trinajstić information content (AvgIpc) is 2.62. The Kier molecular flexibility index (Phi) is 4.56. The van der Waals surface area contributed by atoms with Crippen LogP contribution in [0.1, 0.15) is 37.7 Å². The highest BCUT2D eigenvalue weighted by Gasteiger charge is 2.24. The van der Waals surface area contributed by atoms with E-state index in [1.165, 1.54) is 43.5 Å². The Morgan fingerprint density at radius 2 is 2.08 bits per heavy atom. The van der Waals surface area contributed by atoms with Gasteiger partial charge in [-0.2, -0.15) is 4.40 Å². The first-order valence-electron chi connectivity index (χ1n) is 8.49. The van der Waals surface area contributed by atoms with Gasteiger partial charge in [0.1, 0.15) is 17.8 Å². The smallest absolute Gasteiger partial charge is 0.213 e. The lowest BCUT2D eigenvalue weighted by atomic mass is 9.98. The molecule has 1 aromatic rings. The van der Waals surface area contributed by atoms with E-state index in [1.54, 1.807) is 6.20 Å². The van der Waals surface area contributed by atoms with E-state index in [9.17, 15) is 4.39 Å². The van der Waals surface area contributed by atoms with Crippen LogP contribution in [0.5, 0.6) is 5.88 Å². The Balaban J connectivity index is 1.53. The molecule has 0 bridgehead atoms. The van der Waals surface area contributed by atoms with Gasteiger partial charge in [0.05, 0.1) is 0 Å². The van der Waals surface area contributed by atoms with Gasteiger partial charge in [-0.25, -0.2) is 9.37 Å². The van der Waals surface area contributed by atoms with E-state index in [-0.39, 0.29) is 11.9 Å². The van der Waals surface area contributed by atoms with Crippen molar-refractivity contribution >= 4 is 23.4 Å². The van der Waals surface area contributed by atoms with Crippen LogP contribution in [0.15, 0.2) is 40.8 Å². The molecule has 3 heterocycles. The molecular formula is C18H20FN3OS. The highest BCUT2D eigenvalue weighted by molar-refractivity contribution is 7.98. The zero-order chi connectivity index (χ0) is 16.4. The maximum absolute atomic E-state index is 13.9. The lowest BCUT2D eigenvalue weighted by Gasteiger charge is -2.29. The molecule has 24 heavy (non-hydrogen) atoms. The standard InChI is InChI=1S/C18H20FN3OS/c19-14-10-16(18-21-24-9-8-22(18)12-14)13-6-7-17(20-11-13)23-15-4-2-1-3-5-15/h6-7,10-12,15H,1-5,8-9H2. The van der Waals surface area contributed by atoms with Crippen molar-refractivity contribution in [3.63, 3.8) is 0 Å². The van der Waals surface area contributed by atoms with E-state index in [2.05, 4.69) is 9.38 Å². The molecule has 126 valence electrons. The highest BCUT2D eigenvalue weighted by atomic mass is 32.2. The van der Waals surface area contributed by atoms with Gasteiger partial charge in [-0.05, 0) is 49.8 Å². The van der Waals surface area contributed by atoms with E-state index in [0.717, 1.165) is 42.1 Å². The van der Waals surface area contributed by atoms with Crippen molar-refractivity contribution in [2.75, 3.05) is 12.3 Å². The van der Waals surface area contributed by atoms with Crippen molar-refractivity contribution in [2.24, 2.45) is 4.40 Å². The Labute approximate surface area is 145 Å². The number of pyridine rings is 1. The zero-order valence-corrected chi connectivity index (χ0v) is 14.3. The summed E-state index contributed by atoms with van der Waals surface area (Å²) in [7, 11) is 0. The largest absolute Gasteiger partial charge is 0.474 e. The maximum Gasteiger partial charge on any atom is 0.213 e. The summed E-state index contributed by atoms with van der Waals surface area (Å²) < 4.78 is 24.4. The third kappa shape index (κ3) is 3.34. The molecule has 0 aromatic carbocycles. The van der Waals surface area contributed by atoms with Gasteiger partial charge < -0.3 is 9.64 Å². The number of hydrogen-bond donors (Lipinski definition) is 0. The Bertz CT molecular complexity index is 693. The minimum atomic E-state index is -0.251. The summed E-state index contributed by atoms with van der Waals surface area (Å²) in [4.78, 5) is 6.29. The summed E-state index contributed by atoms with van der Waals surface area (Å²) in [6, 6.07) is 3.82. The normalized spacial score (nSPS) is 21.5. The van der Waals surface area contributed by atoms with Crippen molar-refractivity contribution in [1.29, 1.82) is 0 Å². The maximum atomic E-state index is 13.9. The number of rotatable bonds is 3.